The second-order valence-electron chi connectivity index (χ2n) is 5.63. The average molecular weight is 410 g/mol. The van der Waals surface area contributed by atoms with Crippen LogP contribution in [-0.2, 0) is 6.18 Å². The second kappa shape index (κ2) is 8.22. The Balaban J connectivity index is 1.55. The first-order valence-electron chi connectivity index (χ1n) is 8.01. The van der Waals surface area contributed by atoms with Crippen molar-refractivity contribution in [3.63, 3.8) is 0 Å². The Labute approximate surface area is 163 Å². The Morgan fingerprint density at radius 1 is 0.964 bits per heavy atom. The van der Waals surface area contributed by atoms with Crippen molar-refractivity contribution in [2.24, 2.45) is 0 Å². The fraction of sp³-hybridized carbons (Fsp3) is 0.111. The lowest BCUT2D eigenvalue weighted by Gasteiger charge is -2.13. The predicted octanol–water partition coefficient (Wildman–Crippen LogP) is 5.00. The summed E-state index contributed by atoms with van der Waals surface area (Å²) in [4.78, 5) is 7.72. The molecule has 0 atom stereocenters. The third-order valence-corrected chi connectivity index (χ3v) is 3.93. The number of hydrogen-bond donors (Lipinski definition) is 3. The van der Waals surface area contributed by atoms with Crippen LogP contribution in [0.4, 0.5) is 30.4 Å². The van der Waals surface area contributed by atoms with Gasteiger partial charge in [-0.1, -0.05) is 11.6 Å². The molecule has 0 aliphatic carbocycles. The minimum absolute atomic E-state index is 0.210. The fourth-order valence-electron chi connectivity index (χ4n) is 2.27. The van der Waals surface area contributed by atoms with E-state index in [0.717, 1.165) is 11.8 Å². The number of aromatic nitrogens is 2. The van der Waals surface area contributed by atoms with E-state index in [2.05, 4.69) is 20.6 Å². The molecule has 1 aromatic heterocycles. The lowest BCUT2D eigenvalue weighted by atomic mass is 10.2. The molecular formula is C18H15ClF3N5O. The van der Waals surface area contributed by atoms with E-state index >= 15 is 0 Å². The number of nitrogens with one attached hydrogen (secondary N) is 2. The Kier molecular flexibility index (Phi) is 5.74. The number of anilines is 3. The van der Waals surface area contributed by atoms with Gasteiger partial charge < -0.3 is 21.1 Å². The van der Waals surface area contributed by atoms with E-state index in [4.69, 9.17) is 22.1 Å². The van der Waals surface area contributed by atoms with E-state index in [1.165, 1.54) is 24.5 Å². The topological polar surface area (TPSA) is 85.1 Å². The largest absolute Gasteiger partial charge is 0.439 e. The van der Waals surface area contributed by atoms with Crippen molar-refractivity contribution in [3.8, 4) is 11.6 Å². The van der Waals surface area contributed by atoms with Gasteiger partial charge in [0.25, 0.3) is 0 Å². The number of alkyl halides is 3. The summed E-state index contributed by atoms with van der Waals surface area (Å²) in [5, 5.41) is 5.56. The van der Waals surface area contributed by atoms with Crippen molar-refractivity contribution >= 4 is 28.8 Å². The normalized spacial score (nSPS) is 11.1. The quantitative estimate of drug-likeness (QED) is 0.496. The van der Waals surface area contributed by atoms with E-state index in [0.29, 0.717) is 23.1 Å². The van der Waals surface area contributed by atoms with Crippen LogP contribution in [0.15, 0.2) is 54.9 Å². The van der Waals surface area contributed by atoms with Gasteiger partial charge in [-0.2, -0.15) is 13.2 Å². The van der Waals surface area contributed by atoms with Gasteiger partial charge in [-0.25, -0.2) is 9.97 Å². The Hall–Kier alpha value is -3.20. The van der Waals surface area contributed by atoms with Gasteiger partial charge in [-0.05, 0) is 42.5 Å². The molecule has 6 nitrogen and oxygen atoms in total. The Morgan fingerprint density at radius 2 is 1.64 bits per heavy atom. The fourth-order valence-corrected chi connectivity index (χ4v) is 2.50. The summed E-state index contributed by atoms with van der Waals surface area (Å²) in [6, 6.07) is 12.1. The van der Waals surface area contributed by atoms with Crippen LogP contribution in [0.25, 0.3) is 0 Å². The SMILES string of the molecule is Nc1cc(Oc2ccc(NCNc3ccc(Cl)c(C(F)(F)F)c3)cc2)ncn1. The van der Waals surface area contributed by atoms with Gasteiger partial charge >= 0.3 is 6.18 Å². The minimum Gasteiger partial charge on any atom is -0.439 e. The maximum absolute atomic E-state index is 12.9. The molecule has 10 heteroatoms. The first-order valence-corrected chi connectivity index (χ1v) is 8.39. The highest BCUT2D eigenvalue weighted by Crippen LogP contribution is 2.36. The Bertz CT molecular complexity index is 951. The van der Waals surface area contributed by atoms with Gasteiger partial charge in [0, 0.05) is 17.4 Å². The minimum atomic E-state index is -4.51. The number of nitrogens with two attached hydrogens (primary N) is 1. The van der Waals surface area contributed by atoms with Crippen molar-refractivity contribution in [1.82, 2.24) is 9.97 Å². The average Bonchev–Trinajstić information content (AvgIpc) is 2.64. The van der Waals surface area contributed by atoms with Gasteiger partial charge in [0.05, 0.1) is 17.3 Å². The first kappa shape index (κ1) is 19.6. The lowest BCUT2D eigenvalue weighted by molar-refractivity contribution is -0.137. The van der Waals surface area contributed by atoms with Crippen molar-refractivity contribution < 1.29 is 17.9 Å². The number of halogens is 4. The monoisotopic (exact) mass is 409 g/mol. The van der Waals surface area contributed by atoms with Gasteiger partial charge in [-0.15, -0.1) is 0 Å². The summed E-state index contributed by atoms with van der Waals surface area (Å²) in [6.07, 6.45) is -3.21. The highest BCUT2D eigenvalue weighted by molar-refractivity contribution is 6.31. The molecule has 2 aromatic carbocycles. The zero-order valence-electron chi connectivity index (χ0n) is 14.3. The zero-order valence-corrected chi connectivity index (χ0v) is 15.1. The lowest BCUT2D eigenvalue weighted by Crippen LogP contribution is -2.13. The molecule has 0 fully saturated rings. The highest BCUT2D eigenvalue weighted by Gasteiger charge is 2.33. The summed E-state index contributed by atoms with van der Waals surface area (Å²) in [7, 11) is 0. The molecule has 0 bridgehead atoms. The van der Waals surface area contributed by atoms with E-state index < -0.39 is 11.7 Å². The third kappa shape index (κ3) is 5.17. The predicted molar refractivity (Wildman–Crippen MR) is 102 cm³/mol. The summed E-state index contributed by atoms with van der Waals surface area (Å²) < 4.78 is 44.2. The number of benzene rings is 2. The van der Waals surface area contributed by atoms with Crippen molar-refractivity contribution in [2.45, 2.75) is 6.18 Å². The molecule has 0 unspecified atom stereocenters. The summed E-state index contributed by atoms with van der Waals surface area (Å²) in [5.41, 5.74) is 5.72. The molecule has 0 aliphatic rings. The molecule has 3 rings (SSSR count). The van der Waals surface area contributed by atoms with E-state index in [1.807, 2.05) is 0 Å². The molecule has 0 spiro atoms. The highest BCUT2D eigenvalue weighted by atomic mass is 35.5. The van der Waals surface area contributed by atoms with Crippen LogP contribution >= 0.6 is 11.6 Å². The summed E-state index contributed by atoms with van der Waals surface area (Å²) in [5.74, 6) is 1.16. The van der Waals surface area contributed by atoms with Crippen LogP contribution in [0.2, 0.25) is 5.02 Å². The molecule has 28 heavy (non-hydrogen) atoms. The van der Waals surface area contributed by atoms with E-state index in [1.54, 1.807) is 24.3 Å². The number of hydrogen-bond acceptors (Lipinski definition) is 6. The van der Waals surface area contributed by atoms with Gasteiger partial charge in [0.15, 0.2) is 0 Å². The zero-order chi connectivity index (χ0) is 20.1. The van der Waals surface area contributed by atoms with Crippen LogP contribution in [-0.4, -0.2) is 16.6 Å². The molecule has 0 aliphatic heterocycles. The van der Waals surface area contributed by atoms with Crippen molar-refractivity contribution in [3.05, 3.63) is 65.4 Å². The molecule has 146 valence electrons. The third-order valence-electron chi connectivity index (χ3n) is 3.60. The van der Waals surface area contributed by atoms with Crippen LogP contribution in [0.3, 0.4) is 0 Å². The number of ether oxygens (including phenoxy) is 1. The Morgan fingerprint density at radius 3 is 2.32 bits per heavy atom. The molecular weight excluding hydrogens is 395 g/mol. The van der Waals surface area contributed by atoms with E-state index in [9.17, 15) is 13.2 Å². The number of nitrogens with zero attached hydrogens (tertiary/aromatic N) is 2. The molecule has 1 heterocycles. The molecule has 0 radical (unpaired) electrons. The summed E-state index contributed by atoms with van der Waals surface area (Å²) in [6.45, 7) is 0.210. The van der Waals surface area contributed by atoms with Gasteiger partial charge in [-0.3, -0.25) is 0 Å². The summed E-state index contributed by atoms with van der Waals surface area (Å²) >= 11 is 5.60. The van der Waals surface area contributed by atoms with Gasteiger partial charge in [0.1, 0.15) is 17.9 Å². The number of rotatable bonds is 6. The van der Waals surface area contributed by atoms with E-state index in [-0.39, 0.29) is 11.7 Å². The molecule has 0 saturated heterocycles. The van der Waals surface area contributed by atoms with Crippen LogP contribution in [0.1, 0.15) is 5.56 Å². The van der Waals surface area contributed by atoms with Gasteiger partial charge in [0.2, 0.25) is 5.88 Å². The van der Waals surface area contributed by atoms with Crippen molar-refractivity contribution in [1.29, 1.82) is 0 Å². The van der Waals surface area contributed by atoms with Crippen LogP contribution in [0.5, 0.6) is 11.6 Å². The maximum atomic E-state index is 12.9. The molecule has 0 amide bonds. The van der Waals surface area contributed by atoms with Crippen LogP contribution in [0, 0.1) is 0 Å². The standard InChI is InChI=1S/C18H15ClF3N5O/c19-15-6-3-12(7-14(15)18(20,21)22)25-9-24-11-1-4-13(5-2-11)28-17-8-16(23)26-10-27-17/h1-8,10,24-25H,9H2,(H2,23,26,27). The van der Waals surface area contributed by atoms with Crippen molar-refractivity contribution in [2.75, 3.05) is 23.0 Å². The molecule has 4 N–H and O–H groups in total. The molecule has 0 saturated carbocycles. The smallest absolute Gasteiger partial charge is 0.417 e. The molecule has 3 aromatic rings. The maximum Gasteiger partial charge on any atom is 0.417 e. The van der Waals surface area contributed by atoms with Crippen LogP contribution < -0.4 is 21.1 Å². The number of nitrogen functional groups attached to an aromatic ring is 1. The first-order chi connectivity index (χ1) is 13.3. The second-order valence-corrected chi connectivity index (χ2v) is 6.04.